The van der Waals surface area contributed by atoms with E-state index >= 15 is 0 Å². The number of halogens is 1. The lowest BCUT2D eigenvalue weighted by atomic mass is 9.87. The van der Waals surface area contributed by atoms with Crippen molar-refractivity contribution in [3.05, 3.63) is 82.1 Å². The molecule has 2 N–H and O–H groups in total. The molecule has 1 aliphatic heterocycles. The summed E-state index contributed by atoms with van der Waals surface area (Å²) in [4.78, 5) is 24.2. The summed E-state index contributed by atoms with van der Waals surface area (Å²) in [5.41, 5.74) is 1.55. The average Bonchev–Trinajstić information content (AvgIpc) is 2.71. The van der Waals surface area contributed by atoms with Crippen molar-refractivity contribution in [2.24, 2.45) is 0 Å². The van der Waals surface area contributed by atoms with Crippen molar-refractivity contribution < 1.29 is 14.0 Å². The first-order valence-corrected chi connectivity index (χ1v) is 9.69. The number of carbonyl (C=O) groups excluding carboxylic acids is 2. The number of hydrogen-bond acceptors (Lipinski definition) is 4. The van der Waals surface area contributed by atoms with Crippen molar-refractivity contribution >= 4 is 23.6 Å². The Hall–Kier alpha value is -3.11. The lowest BCUT2D eigenvalue weighted by Crippen LogP contribution is -2.32. The van der Waals surface area contributed by atoms with E-state index in [4.69, 9.17) is 0 Å². The van der Waals surface area contributed by atoms with E-state index in [0.717, 1.165) is 17.3 Å². The molecule has 7 heteroatoms. The third-order valence-corrected chi connectivity index (χ3v) is 5.33. The molecule has 3 rings (SSSR count). The summed E-state index contributed by atoms with van der Waals surface area (Å²) in [6, 6.07) is 17.7. The van der Waals surface area contributed by atoms with Crippen LogP contribution in [0, 0.1) is 17.1 Å². The third kappa shape index (κ3) is 4.78. The molecule has 0 spiro atoms. The Morgan fingerprint density at radius 3 is 2.64 bits per heavy atom. The number of rotatable bonds is 6. The Morgan fingerprint density at radius 2 is 1.93 bits per heavy atom. The highest BCUT2D eigenvalue weighted by molar-refractivity contribution is 8.03. The Bertz CT molecular complexity index is 954. The minimum absolute atomic E-state index is 0.00586. The number of nitrogens with one attached hydrogen (secondary N) is 2. The van der Waals surface area contributed by atoms with Gasteiger partial charge in [-0.05, 0) is 17.2 Å². The van der Waals surface area contributed by atoms with Crippen LogP contribution in [0.4, 0.5) is 4.39 Å². The van der Waals surface area contributed by atoms with Gasteiger partial charge in [0.25, 0.3) is 0 Å². The largest absolute Gasteiger partial charge is 0.351 e. The van der Waals surface area contributed by atoms with Gasteiger partial charge in [-0.25, -0.2) is 4.39 Å². The van der Waals surface area contributed by atoms with Gasteiger partial charge in [0.1, 0.15) is 5.82 Å². The fourth-order valence-electron chi connectivity index (χ4n) is 2.94. The summed E-state index contributed by atoms with van der Waals surface area (Å²) in [7, 11) is 0. The number of allylic oxidation sites excluding steroid dienone is 1. The van der Waals surface area contributed by atoms with Crippen molar-refractivity contribution in [1.29, 1.82) is 5.26 Å². The second kappa shape index (κ2) is 9.20. The molecule has 0 aromatic heterocycles. The molecule has 0 radical (unpaired) electrons. The van der Waals surface area contributed by atoms with Crippen LogP contribution in [0.5, 0.6) is 0 Å². The van der Waals surface area contributed by atoms with Crippen LogP contribution in [0.1, 0.15) is 23.5 Å². The highest BCUT2D eigenvalue weighted by atomic mass is 32.2. The molecule has 28 heavy (non-hydrogen) atoms. The molecule has 1 aliphatic rings. The Labute approximate surface area is 166 Å². The zero-order valence-electron chi connectivity index (χ0n) is 14.9. The number of thioether (sulfide) groups is 1. The van der Waals surface area contributed by atoms with Crippen LogP contribution in [-0.4, -0.2) is 17.6 Å². The second-order valence-electron chi connectivity index (χ2n) is 6.23. The number of amides is 2. The van der Waals surface area contributed by atoms with Gasteiger partial charge in [0.05, 0.1) is 22.4 Å². The maximum atomic E-state index is 14.2. The molecule has 2 aromatic carbocycles. The molecular formula is C21H18FN3O2S. The van der Waals surface area contributed by atoms with Crippen LogP contribution in [-0.2, 0) is 16.1 Å². The van der Waals surface area contributed by atoms with Gasteiger partial charge in [0.15, 0.2) is 0 Å². The molecule has 5 nitrogen and oxygen atoms in total. The SMILES string of the molecule is N#CC1=C(SCC(=O)NCc2ccccc2)NC(=O)C[C@@H]1c1ccccc1F. The fourth-order valence-corrected chi connectivity index (χ4v) is 3.85. The van der Waals surface area contributed by atoms with Crippen molar-refractivity contribution in [3.63, 3.8) is 0 Å². The molecule has 1 heterocycles. The monoisotopic (exact) mass is 395 g/mol. The molecule has 0 bridgehead atoms. The van der Waals surface area contributed by atoms with Gasteiger partial charge < -0.3 is 10.6 Å². The molecule has 0 saturated heterocycles. The lowest BCUT2D eigenvalue weighted by molar-refractivity contribution is -0.121. The van der Waals surface area contributed by atoms with Crippen molar-refractivity contribution in [3.8, 4) is 6.07 Å². The van der Waals surface area contributed by atoms with Crippen LogP contribution in [0.15, 0.2) is 65.2 Å². The topological polar surface area (TPSA) is 82.0 Å². The predicted molar refractivity (Wildman–Crippen MR) is 105 cm³/mol. The molecule has 2 amide bonds. The van der Waals surface area contributed by atoms with Crippen molar-refractivity contribution in [1.82, 2.24) is 10.6 Å². The van der Waals surface area contributed by atoms with Gasteiger partial charge in [0, 0.05) is 18.9 Å². The molecule has 1 atom stereocenters. The summed E-state index contributed by atoms with van der Waals surface area (Å²) in [6.45, 7) is 0.397. The summed E-state index contributed by atoms with van der Waals surface area (Å²) >= 11 is 1.07. The Kier molecular flexibility index (Phi) is 6.45. The number of benzene rings is 2. The van der Waals surface area contributed by atoms with Gasteiger partial charge in [-0.1, -0.05) is 60.3 Å². The van der Waals surface area contributed by atoms with E-state index in [9.17, 15) is 19.2 Å². The first kappa shape index (κ1) is 19.6. The zero-order valence-corrected chi connectivity index (χ0v) is 15.8. The van der Waals surface area contributed by atoms with Crippen LogP contribution < -0.4 is 10.6 Å². The van der Waals surface area contributed by atoms with E-state index in [1.54, 1.807) is 18.2 Å². The maximum absolute atomic E-state index is 14.2. The van der Waals surface area contributed by atoms with Crippen molar-refractivity contribution in [2.75, 3.05) is 5.75 Å². The number of carbonyl (C=O) groups is 2. The van der Waals surface area contributed by atoms with E-state index in [0.29, 0.717) is 17.1 Å². The van der Waals surface area contributed by atoms with E-state index in [2.05, 4.69) is 16.7 Å². The summed E-state index contributed by atoms with van der Waals surface area (Å²) in [5.74, 6) is -1.60. The van der Waals surface area contributed by atoms with Crippen LogP contribution in [0.3, 0.4) is 0 Å². The van der Waals surface area contributed by atoms with Crippen LogP contribution in [0.2, 0.25) is 0 Å². The van der Waals surface area contributed by atoms with Crippen molar-refractivity contribution in [2.45, 2.75) is 18.9 Å². The molecule has 0 saturated carbocycles. The number of nitriles is 1. The summed E-state index contributed by atoms with van der Waals surface area (Å²) < 4.78 is 14.2. The molecule has 142 valence electrons. The smallest absolute Gasteiger partial charge is 0.230 e. The summed E-state index contributed by atoms with van der Waals surface area (Å²) in [5, 5.41) is 15.3. The minimum atomic E-state index is -0.658. The van der Waals surface area contributed by atoms with Gasteiger partial charge in [-0.15, -0.1) is 0 Å². The van der Waals surface area contributed by atoms with Crippen LogP contribution >= 0.6 is 11.8 Å². The molecular weight excluding hydrogens is 377 g/mol. The average molecular weight is 395 g/mol. The summed E-state index contributed by atoms with van der Waals surface area (Å²) in [6.07, 6.45) is -0.00586. The van der Waals surface area contributed by atoms with Gasteiger partial charge >= 0.3 is 0 Å². The van der Waals surface area contributed by atoms with Crippen LogP contribution in [0.25, 0.3) is 0 Å². The van der Waals surface area contributed by atoms with Gasteiger partial charge in [-0.3, -0.25) is 9.59 Å². The van der Waals surface area contributed by atoms with E-state index in [1.165, 1.54) is 6.07 Å². The standard InChI is InChI=1S/C21H18FN3O2S/c22-18-9-5-4-8-15(18)16-10-19(26)25-21(17(16)11-23)28-13-20(27)24-12-14-6-2-1-3-7-14/h1-9,16H,10,12-13H2,(H,24,27)(H,25,26)/t16-/m1/s1. The first-order chi connectivity index (χ1) is 13.6. The first-order valence-electron chi connectivity index (χ1n) is 8.70. The predicted octanol–water partition coefficient (Wildman–Crippen LogP) is 3.21. The molecule has 2 aromatic rings. The Balaban J connectivity index is 1.70. The second-order valence-corrected chi connectivity index (χ2v) is 7.22. The van der Waals surface area contributed by atoms with E-state index in [-0.39, 0.29) is 29.6 Å². The number of hydrogen-bond donors (Lipinski definition) is 2. The van der Waals surface area contributed by atoms with Gasteiger partial charge in [-0.2, -0.15) is 5.26 Å². The van der Waals surface area contributed by atoms with Gasteiger partial charge in [0.2, 0.25) is 11.8 Å². The lowest BCUT2D eigenvalue weighted by Gasteiger charge is -2.25. The van der Waals surface area contributed by atoms with E-state index in [1.807, 2.05) is 30.3 Å². The Morgan fingerprint density at radius 1 is 1.21 bits per heavy atom. The quantitative estimate of drug-likeness (QED) is 0.787. The highest BCUT2D eigenvalue weighted by Gasteiger charge is 2.31. The zero-order chi connectivity index (χ0) is 19.9. The third-order valence-electron chi connectivity index (χ3n) is 4.32. The normalized spacial score (nSPS) is 16.3. The molecule has 0 aliphatic carbocycles. The fraction of sp³-hybridized carbons (Fsp3) is 0.190. The minimum Gasteiger partial charge on any atom is -0.351 e. The number of nitrogens with zero attached hydrogens (tertiary/aromatic N) is 1. The van der Waals surface area contributed by atoms with E-state index < -0.39 is 11.7 Å². The maximum Gasteiger partial charge on any atom is 0.230 e. The molecule has 0 unspecified atom stereocenters. The highest BCUT2D eigenvalue weighted by Crippen LogP contribution is 2.36. The molecule has 0 fully saturated rings.